The van der Waals surface area contributed by atoms with Crippen LogP contribution in [-0.2, 0) is 18.7 Å². The predicted molar refractivity (Wildman–Crippen MR) is 143 cm³/mol. The maximum absolute atomic E-state index is 13.8. The monoisotopic (exact) mass is 537 g/mol. The van der Waals surface area contributed by atoms with E-state index in [0.717, 1.165) is 22.2 Å². The lowest BCUT2D eigenvalue weighted by atomic mass is 10.0. The molecule has 198 valence electrons. The molecule has 2 atom stereocenters. The number of furan rings is 1. The second kappa shape index (κ2) is 13.3. The maximum atomic E-state index is 13.8. The Bertz CT molecular complexity index is 1330. The second-order valence-electron chi connectivity index (χ2n) is 8.97. The summed E-state index contributed by atoms with van der Waals surface area (Å²) in [5.41, 5.74) is 2.49. The number of benzene rings is 2. The number of aryl methyl sites for hydroxylation is 1. The molecule has 38 heavy (non-hydrogen) atoms. The van der Waals surface area contributed by atoms with Crippen molar-refractivity contribution < 1.29 is 23.1 Å². The van der Waals surface area contributed by atoms with Gasteiger partial charge < -0.3 is 20.2 Å². The van der Waals surface area contributed by atoms with Crippen LogP contribution in [0.5, 0.6) is 0 Å². The summed E-state index contributed by atoms with van der Waals surface area (Å²) < 4.78 is 33.3. The Labute approximate surface area is 224 Å². The molecular formula is C29H29F2N3O3S. The van der Waals surface area contributed by atoms with Gasteiger partial charge in [-0.25, -0.2) is 13.8 Å². The second-order valence-corrected chi connectivity index (χ2v) is 9.97. The van der Waals surface area contributed by atoms with Gasteiger partial charge in [-0.15, -0.1) is 0 Å². The molecule has 0 aliphatic rings. The van der Waals surface area contributed by atoms with E-state index in [9.17, 15) is 18.7 Å². The normalized spacial score (nSPS) is 12.7. The van der Waals surface area contributed by atoms with Gasteiger partial charge in [0.1, 0.15) is 17.4 Å². The van der Waals surface area contributed by atoms with Crippen LogP contribution in [0.3, 0.4) is 0 Å². The third-order valence-electron chi connectivity index (χ3n) is 5.81. The Hall–Kier alpha value is -3.53. The van der Waals surface area contributed by atoms with Gasteiger partial charge in [0.05, 0.1) is 22.9 Å². The molecule has 2 heterocycles. The fourth-order valence-electron chi connectivity index (χ4n) is 3.99. The highest BCUT2D eigenvalue weighted by atomic mass is 32.2. The summed E-state index contributed by atoms with van der Waals surface area (Å²) in [6.07, 6.45) is 0.690. The predicted octanol–water partition coefficient (Wildman–Crippen LogP) is 5.05. The first-order valence-corrected chi connectivity index (χ1v) is 13.2. The Morgan fingerprint density at radius 3 is 2.58 bits per heavy atom. The van der Waals surface area contributed by atoms with E-state index in [1.54, 1.807) is 18.3 Å². The highest BCUT2D eigenvalue weighted by Gasteiger charge is 2.24. The van der Waals surface area contributed by atoms with Gasteiger partial charge in [-0.05, 0) is 60.9 Å². The SMILES string of the molecule is Cc1cccc(CNC[C@@H](O)[C@H](Cc2cc(F)cc(F)c2)NC(=O)c2ccc(CSc3ccccn3)o2)c1. The summed E-state index contributed by atoms with van der Waals surface area (Å²) in [5, 5.41) is 17.7. The number of amides is 1. The van der Waals surface area contributed by atoms with Gasteiger partial charge in [0, 0.05) is 25.4 Å². The standard InChI is InChI=1S/C29H29F2N3O3S/c1-19-5-4-6-20(11-19)16-32-17-26(35)25(14-21-12-22(30)15-23(31)13-21)34-29(36)27-9-8-24(37-27)18-38-28-7-2-3-10-33-28/h2-13,15,25-26,32,35H,14,16-18H2,1H3,(H,34,36)/t25-,26+/m0/s1. The number of nitrogens with zero attached hydrogens (tertiary/aromatic N) is 1. The zero-order valence-corrected chi connectivity index (χ0v) is 21.7. The van der Waals surface area contributed by atoms with Crippen LogP contribution in [0, 0.1) is 18.6 Å². The van der Waals surface area contributed by atoms with Gasteiger partial charge in [0.25, 0.3) is 5.91 Å². The van der Waals surface area contributed by atoms with Crippen molar-refractivity contribution >= 4 is 17.7 Å². The number of aromatic nitrogens is 1. The largest absolute Gasteiger partial charge is 0.455 e. The smallest absolute Gasteiger partial charge is 0.287 e. The first kappa shape index (κ1) is 27.5. The van der Waals surface area contributed by atoms with Crippen molar-refractivity contribution in [3.63, 3.8) is 0 Å². The van der Waals surface area contributed by atoms with Crippen molar-refractivity contribution in [2.45, 2.75) is 42.8 Å². The third kappa shape index (κ3) is 8.24. The molecule has 0 aliphatic carbocycles. The highest BCUT2D eigenvalue weighted by molar-refractivity contribution is 7.98. The molecule has 0 bridgehead atoms. The number of rotatable bonds is 12. The zero-order valence-electron chi connectivity index (χ0n) is 20.9. The van der Waals surface area contributed by atoms with Gasteiger partial charge in [0.2, 0.25) is 0 Å². The van der Waals surface area contributed by atoms with Crippen LogP contribution >= 0.6 is 11.8 Å². The van der Waals surface area contributed by atoms with Crippen molar-refractivity contribution in [1.29, 1.82) is 0 Å². The fourth-order valence-corrected chi connectivity index (χ4v) is 4.74. The van der Waals surface area contributed by atoms with E-state index in [-0.39, 0.29) is 18.7 Å². The van der Waals surface area contributed by atoms with Crippen LogP contribution in [0.25, 0.3) is 0 Å². The first-order valence-electron chi connectivity index (χ1n) is 12.2. The van der Waals surface area contributed by atoms with Crippen LogP contribution in [-0.4, -0.2) is 34.7 Å². The fraction of sp³-hybridized carbons (Fsp3) is 0.241. The number of hydrogen-bond acceptors (Lipinski definition) is 6. The molecule has 0 aliphatic heterocycles. The minimum atomic E-state index is -1.04. The van der Waals surface area contributed by atoms with Crippen molar-refractivity contribution in [2.75, 3.05) is 6.54 Å². The molecule has 0 fully saturated rings. The molecule has 2 aromatic heterocycles. The molecule has 0 spiro atoms. The van der Waals surface area contributed by atoms with Crippen LogP contribution in [0.4, 0.5) is 8.78 Å². The van der Waals surface area contributed by atoms with Gasteiger partial charge in [-0.1, -0.05) is 47.7 Å². The number of aliphatic hydroxyl groups excluding tert-OH is 1. The van der Waals surface area contributed by atoms with E-state index >= 15 is 0 Å². The first-order chi connectivity index (χ1) is 18.4. The molecule has 2 aromatic carbocycles. The number of carbonyl (C=O) groups excluding carboxylic acids is 1. The van der Waals surface area contributed by atoms with Crippen molar-refractivity contribution in [2.24, 2.45) is 0 Å². The molecule has 4 aromatic rings. The molecule has 0 saturated heterocycles. The molecule has 1 amide bonds. The summed E-state index contributed by atoms with van der Waals surface area (Å²) in [4.78, 5) is 17.2. The molecule has 0 unspecified atom stereocenters. The van der Waals surface area contributed by atoms with Gasteiger partial charge in [-0.3, -0.25) is 4.79 Å². The van der Waals surface area contributed by atoms with E-state index in [0.29, 0.717) is 23.6 Å². The summed E-state index contributed by atoms with van der Waals surface area (Å²) in [6.45, 7) is 2.67. The minimum absolute atomic E-state index is 0.0246. The molecule has 6 nitrogen and oxygen atoms in total. The van der Waals surface area contributed by atoms with Crippen LogP contribution in [0.2, 0.25) is 0 Å². The number of halogens is 2. The molecular weight excluding hydrogens is 508 g/mol. The number of nitrogens with one attached hydrogen (secondary N) is 2. The van der Waals surface area contributed by atoms with Gasteiger partial charge in [-0.2, -0.15) is 0 Å². The van der Waals surface area contributed by atoms with E-state index in [2.05, 4.69) is 15.6 Å². The average Bonchev–Trinajstić information content (AvgIpc) is 3.36. The lowest BCUT2D eigenvalue weighted by Gasteiger charge is -2.24. The maximum Gasteiger partial charge on any atom is 0.287 e. The number of hydrogen-bond donors (Lipinski definition) is 3. The van der Waals surface area contributed by atoms with Gasteiger partial charge >= 0.3 is 0 Å². The lowest BCUT2D eigenvalue weighted by Crippen LogP contribution is -2.48. The van der Waals surface area contributed by atoms with Crippen molar-refractivity contribution in [3.8, 4) is 0 Å². The van der Waals surface area contributed by atoms with Crippen LogP contribution < -0.4 is 10.6 Å². The van der Waals surface area contributed by atoms with E-state index in [1.807, 2.05) is 49.4 Å². The van der Waals surface area contributed by atoms with E-state index < -0.39 is 29.7 Å². The summed E-state index contributed by atoms with van der Waals surface area (Å²) >= 11 is 1.47. The summed E-state index contributed by atoms with van der Waals surface area (Å²) in [6, 6.07) is 19.2. The summed E-state index contributed by atoms with van der Waals surface area (Å²) in [5.74, 6) is -0.816. The van der Waals surface area contributed by atoms with Crippen LogP contribution in [0.15, 0.2) is 88.4 Å². The van der Waals surface area contributed by atoms with Gasteiger partial charge in [0.15, 0.2) is 5.76 Å². The lowest BCUT2D eigenvalue weighted by molar-refractivity contribution is 0.0803. The van der Waals surface area contributed by atoms with Crippen molar-refractivity contribution in [1.82, 2.24) is 15.6 Å². The quantitative estimate of drug-likeness (QED) is 0.220. The average molecular weight is 538 g/mol. The molecule has 0 radical (unpaired) electrons. The Morgan fingerprint density at radius 1 is 1.03 bits per heavy atom. The minimum Gasteiger partial charge on any atom is -0.455 e. The molecule has 3 N–H and O–H groups in total. The molecule has 4 rings (SSSR count). The Balaban J connectivity index is 1.41. The number of thioether (sulfide) groups is 1. The molecule has 9 heteroatoms. The van der Waals surface area contributed by atoms with E-state index in [1.165, 1.54) is 23.9 Å². The van der Waals surface area contributed by atoms with Crippen molar-refractivity contribution in [3.05, 3.63) is 119 Å². The van der Waals surface area contributed by atoms with Crippen LogP contribution in [0.1, 0.15) is 33.0 Å². The summed E-state index contributed by atoms with van der Waals surface area (Å²) in [7, 11) is 0. The Morgan fingerprint density at radius 2 is 1.84 bits per heavy atom. The number of carbonyl (C=O) groups is 1. The number of aliphatic hydroxyl groups is 1. The topological polar surface area (TPSA) is 87.4 Å². The Kier molecular flexibility index (Phi) is 9.64. The molecule has 0 saturated carbocycles. The third-order valence-corrected chi connectivity index (χ3v) is 6.78. The van der Waals surface area contributed by atoms with E-state index in [4.69, 9.17) is 4.42 Å². The number of pyridine rings is 1. The highest BCUT2D eigenvalue weighted by Crippen LogP contribution is 2.22. The zero-order chi connectivity index (χ0) is 26.9.